The Morgan fingerprint density at radius 2 is 1.88 bits per heavy atom. The summed E-state index contributed by atoms with van der Waals surface area (Å²) < 4.78 is 5.40. The van der Waals surface area contributed by atoms with Gasteiger partial charge in [0.25, 0.3) is 5.69 Å². The molecule has 1 heterocycles. The number of hydrogen-bond donors (Lipinski definition) is 1. The van der Waals surface area contributed by atoms with Gasteiger partial charge in [0.2, 0.25) is 5.91 Å². The number of amides is 1. The Hall–Kier alpha value is -3.74. The predicted octanol–water partition coefficient (Wildman–Crippen LogP) is 3.58. The summed E-state index contributed by atoms with van der Waals surface area (Å²) in [6.45, 7) is 0.181. The second-order valence-electron chi connectivity index (χ2n) is 5.36. The number of benzene rings is 2. The molecule has 130 valence electrons. The first-order chi connectivity index (χ1) is 12.6. The zero-order valence-electron chi connectivity index (χ0n) is 13.7. The van der Waals surface area contributed by atoms with Gasteiger partial charge in [0.05, 0.1) is 17.0 Å². The summed E-state index contributed by atoms with van der Waals surface area (Å²) in [6, 6.07) is 15.7. The molecule has 0 aliphatic carbocycles. The summed E-state index contributed by atoms with van der Waals surface area (Å²) in [5, 5.41) is 13.7. The third-order valence-corrected chi connectivity index (χ3v) is 3.65. The maximum absolute atomic E-state index is 12.0. The lowest BCUT2D eigenvalue weighted by atomic mass is 10.1. The number of nitro benzene ring substituents is 1. The minimum absolute atomic E-state index is 0.0561. The number of aromatic nitrogens is 1. The van der Waals surface area contributed by atoms with Crippen molar-refractivity contribution in [3.8, 4) is 11.3 Å². The van der Waals surface area contributed by atoms with Crippen LogP contribution in [0.15, 0.2) is 71.5 Å². The fourth-order valence-corrected chi connectivity index (χ4v) is 2.41. The molecule has 2 aromatic carbocycles. The number of carbonyl (C=O) groups excluding carboxylic acids is 1. The third kappa shape index (κ3) is 4.02. The summed E-state index contributed by atoms with van der Waals surface area (Å²) in [7, 11) is 0. The van der Waals surface area contributed by atoms with E-state index in [9.17, 15) is 14.9 Å². The van der Waals surface area contributed by atoms with E-state index in [1.165, 1.54) is 24.6 Å². The van der Waals surface area contributed by atoms with E-state index in [0.29, 0.717) is 17.0 Å². The second-order valence-corrected chi connectivity index (χ2v) is 5.36. The van der Waals surface area contributed by atoms with Crippen LogP contribution in [-0.2, 0) is 11.3 Å². The molecule has 0 saturated heterocycles. The van der Waals surface area contributed by atoms with Gasteiger partial charge in [-0.05, 0) is 12.1 Å². The Labute approximate surface area is 149 Å². The quantitative estimate of drug-likeness (QED) is 0.417. The van der Waals surface area contributed by atoms with E-state index in [1.54, 1.807) is 18.2 Å². The first-order valence-corrected chi connectivity index (χ1v) is 7.82. The molecular formula is C19H15N3O4. The molecule has 0 saturated carbocycles. The van der Waals surface area contributed by atoms with Gasteiger partial charge in [-0.1, -0.05) is 42.5 Å². The van der Waals surface area contributed by atoms with Crippen LogP contribution < -0.4 is 5.32 Å². The fraction of sp³-hybridized carbons (Fsp3) is 0.0526. The highest BCUT2D eigenvalue weighted by atomic mass is 16.6. The molecule has 1 N–H and O–H groups in total. The standard InChI is InChI=1S/C19H15N3O4/c23-18(11-10-14-6-4-5-9-17(14)22(24)25)20-12-16-19(26-13-21-16)15-7-2-1-3-8-15/h1-11,13H,12H2,(H,20,23)/b11-10-. The average Bonchev–Trinajstić information content (AvgIpc) is 3.14. The number of para-hydroxylation sites is 1. The molecule has 7 heteroatoms. The molecule has 7 nitrogen and oxygen atoms in total. The lowest BCUT2D eigenvalue weighted by molar-refractivity contribution is -0.385. The average molecular weight is 349 g/mol. The Balaban J connectivity index is 1.66. The van der Waals surface area contributed by atoms with Crippen LogP contribution >= 0.6 is 0 Å². The van der Waals surface area contributed by atoms with Crippen LogP contribution in [0.2, 0.25) is 0 Å². The minimum atomic E-state index is -0.487. The number of rotatable bonds is 6. The van der Waals surface area contributed by atoms with Gasteiger partial charge in [-0.15, -0.1) is 0 Å². The molecule has 1 aromatic heterocycles. The molecule has 0 fully saturated rings. The van der Waals surface area contributed by atoms with E-state index in [4.69, 9.17) is 4.42 Å². The van der Waals surface area contributed by atoms with E-state index < -0.39 is 4.92 Å². The lowest BCUT2D eigenvalue weighted by Crippen LogP contribution is -2.20. The normalized spacial score (nSPS) is 10.8. The Morgan fingerprint density at radius 1 is 1.15 bits per heavy atom. The van der Waals surface area contributed by atoms with Gasteiger partial charge in [-0.25, -0.2) is 4.98 Å². The van der Waals surface area contributed by atoms with E-state index >= 15 is 0 Å². The van der Waals surface area contributed by atoms with Crippen molar-refractivity contribution in [2.75, 3.05) is 0 Å². The Kier molecular flexibility index (Phi) is 5.19. The van der Waals surface area contributed by atoms with Crippen molar-refractivity contribution in [2.24, 2.45) is 0 Å². The summed E-state index contributed by atoms with van der Waals surface area (Å²) in [4.78, 5) is 26.6. The summed E-state index contributed by atoms with van der Waals surface area (Å²) in [5.41, 5.74) is 1.77. The van der Waals surface area contributed by atoms with Crippen molar-refractivity contribution < 1.29 is 14.1 Å². The van der Waals surface area contributed by atoms with Crippen LogP contribution in [0.3, 0.4) is 0 Å². The maximum atomic E-state index is 12.0. The van der Waals surface area contributed by atoms with Crippen molar-refractivity contribution in [3.63, 3.8) is 0 Å². The smallest absolute Gasteiger partial charge is 0.276 e. The summed E-state index contributed by atoms with van der Waals surface area (Å²) in [6.07, 6.45) is 3.99. The molecule has 0 aliphatic rings. The molecular weight excluding hydrogens is 334 g/mol. The van der Waals surface area contributed by atoms with Gasteiger partial charge in [0, 0.05) is 17.7 Å². The van der Waals surface area contributed by atoms with Crippen LogP contribution in [0.1, 0.15) is 11.3 Å². The van der Waals surface area contributed by atoms with Crippen molar-refractivity contribution >= 4 is 17.7 Å². The van der Waals surface area contributed by atoms with E-state index in [2.05, 4.69) is 10.3 Å². The van der Waals surface area contributed by atoms with Gasteiger partial charge >= 0.3 is 0 Å². The summed E-state index contributed by atoms with van der Waals surface area (Å²) in [5.74, 6) is 0.207. The lowest BCUT2D eigenvalue weighted by Gasteiger charge is -2.02. The maximum Gasteiger partial charge on any atom is 0.276 e. The van der Waals surface area contributed by atoms with E-state index in [-0.39, 0.29) is 18.1 Å². The molecule has 26 heavy (non-hydrogen) atoms. The van der Waals surface area contributed by atoms with Gasteiger partial charge in [0.15, 0.2) is 12.2 Å². The predicted molar refractivity (Wildman–Crippen MR) is 95.9 cm³/mol. The van der Waals surface area contributed by atoms with Crippen LogP contribution in [0.25, 0.3) is 17.4 Å². The number of oxazole rings is 1. The zero-order chi connectivity index (χ0) is 18.4. The number of nitrogens with zero attached hydrogens (tertiary/aromatic N) is 2. The van der Waals surface area contributed by atoms with Gasteiger partial charge < -0.3 is 9.73 Å². The highest BCUT2D eigenvalue weighted by Gasteiger charge is 2.12. The van der Waals surface area contributed by atoms with Gasteiger partial charge in [0.1, 0.15) is 5.69 Å². The SMILES string of the molecule is O=C(/C=C\c1ccccc1[N+](=O)[O-])NCc1ncoc1-c1ccccc1. The number of nitro groups is 1. The molecule has 3 aromatic rings. The van der Waals surface area contributed by atoms with Crippen LogP contribution in [-0.4, -0.2) is 15.8 Å². The minimum Gasteiger partial charge on any atom is -0.443 e. The monoisotopic (exact) mass is 349 g/mol. The Bertz CT molecular complexity index is 948. The Morgan fingerprint density at radius 3 is 2.65 bits per heavy atom. The third-order valence-electron chi connectivity index (χ3n) is 3.65. The van der Waals surface area contributed by atoms with E-state index in [1.807, 2.05) is 30.3 Å². The molecule has 0 atom stereocenters. The van der Waals surface area contributed by atoms with Crippen LogP contribution in [0.4, 0.5) is 5.69 Å². The fourth-order valence-electron chi connectivity index (χ4n) is 2.41. The van der Waals surface area contributed by atoms with E-state index in [0.717, 1.165) is 5.56 Å². The molecule has 3 rings (SSSR count). The topological polar surface area (TPSA) is 98.3 Å². The number of carbonyl (C=O) groups is 1. The van der Waals surface area contributed by atoms with Gasteiger partial charge in [-0.3, -0.25) is 14.9 Å². The summed E-state index contributed by atoms with van der Waals surface area (Å²) >= 11 is 0. The number of hydrogen-bond acceptors (Lipinski definition) is 5. The zero-order valence-corrected chi connectivity index (χ0v) is 13.7. The van der Waals surface area contributed by atoms with Crippen LogP contribution in [0.5, 0.6) is 0 Å². The first-order valence-electron chi connectivity index (χ1n) is 7.82. The molecule has 0 bridgehead atoms. The molecule has 0 radical (unpaired) electrons. The van der Waals surface area contributed by atoms with Crippen molar-refractivity contribution in [3.05, 3.63) is 88.4 Å². The second kappa shape index (κ2) is 7.89. The largest absolute Gasteiger partial charge is 0.443 e. The highest BCUT2D eigenvalue weighted by Crippen LogP contribution is 2.22. The first kappa shape index (κ1) is 17.1. The number of nitrogens with one attached hydrogen (secondary N) is 1. The molecule has 0 aliphatic heterocycles. The van der Waals surface area contributed by atoms with Crippen molar-refractivity contribution in [1.82, 2.24) is 10.3 Å². The molecule has 0 spiro atoms. The van der Waals surface area contributed by atoms with Crippen molar-refractivity contribution in [1.29, 1.82) is 0 Å². The van der Waals surface area contributed by atoms with Gasteiger partial charge in [-0.2, -0.15) is 0 Å². The highest BCUT2D eigenvalue weighted by molar-refractivity contribution is 5.92. The molecule has 0 unspecified atom stereocenters. The van der Waals surface area contributed by atoms with Crippen molar-refractivity contribution in [2.45, 2.75) is 6.54 Å². The van der Waals surface area contributed by atoms with Crippen LogP contribution in [0, 0.1) is 10.1 Å². The molecule has 1 amide bonds.